The average Bonchev–Trinajstić information content (AvgIpc) is 2.65. The molecule has 2 rings (SSSR count). The first-order chi connectivity index (χ1) is 14.0. The Morgan fingerprint density at radius 2 is 1.60 bits per heavy atom. The molecule has 0 aliphatic carbocycles. The Bertz CT molecular complexity index is 778. The topological polar surface area (TPSA) is 87.7 Å². The third kappa shape index (κ3) is 7.25. The molecule has 2 unspecified atom stereocenters. The first kappa shape index (κ1) is 24.6. The van der Waals surface area contributed by atoms with E-state index in [1.807, 2.05) is 43.0 Å². The average molecular weight is 440 g/mol. The lowest BCUT2D eigenvalue weighted by Gasteiger charge is -2.35. The van der Waals surface area contributed by atoms with Crippen LogP contribution in [0.5, 0.6) is 0 Å². The minimum atomic E-state index is -3.26. The zero-order valence-corrected chi connectivity index (χ0v) is 19.7. The molecule has 0 saturated carbocycles. The Hall–Kier alpha value is -1.64. The second kappa shape index (κ2) is 10.6. The predicted molar refractivity (Wildman–Crippen MR) is 121 cm³/mol. The summed E-state index contributed by atoms with van der Waals surface area (Å²) in [5.74, 6) is 0.0428. The Morgan fingerprint density at radius 3 is 2.17 bits per heavy atom. The number of carbonyl (C=O) groups excluding carboxylic acids is 1. The van der Waals surface area contributed by atoms with Crippen molar-refractivity contribution in [2.24, 2.45) is 0 Å². The normalized spacial score (nSPS) is 20.2. The fraction of sp³-hybridized carbons (Fsp3) is 0.682. The SMILES string of the molecule is CC1CN(C(=O)c2ccc(NCCCCCNS(=O)(=O)C(C)(C)C)cc2)CC(C)O1. The minimum Gasteiger partial charge on any atom is -0.385 e. The fourth-order valence-corrected chi connectivity index (χ4v) is 4.19. The first-order valence-electron chi connectivity index (χ1n) is 10.8. The van der Waals surface area contributed by atoms with Crippen LogP contribution < -0.4 is 10.0 Å². The number of unbranched alkanes of at least 4 members (excludes halogenated alkanes) is 2. The van der Waals surface area contributed by atoms with Gasteiger partial charge in [-0.05, 0) is 71.7 Å². The van der Waals surface area contributed by atoms with Gasteiger partial charge in [0.05, 0.1) is 17.0 Å². The number of rotatable bonds is 9. The smallest absolute Gasteiger partial charge is 0.254 e. The van der Waals surface area contributed by atoms with Crippen molar-refractivity contribution in [3.8, 4) is 0 Å². The molecule has 0 spiro atoms. The van der Waals surface area contributed by atoms with Crippen LogP contribution in [0.25, 0.3) is 0 Å². The van der Waals surface area contributed by atoms with Crippen molar-refractivity contribution >= 4 is 21.6 Å². The van der Waals surface area contributed by atoms with Crippen molar-refractivity contribution < 1.29 is 17.9 Å². The number of nitrogens with zero attached hydrogens (tertiary/aromatic N) is 1. The number of morpholine rings is 1. The Balaban J connectivity index is 1.68. The van der Waals surface area contributed by atoms with Gasteiger partial charge < -0.3 is 15.0 Å². The third-order valence-electron chi connectivity index (χ3n) is 5.12. The van der Waals surface area contributed by atoms with E-state index in [0.717, 1.165) is 31.5 Å². The van der Waals surface area contributed by atoms with Crippen molar-refractivity contribution in [2.45, 2.75) is 70.8 Å². The summed E-state index contributed by atoms with van der Waals surface area (Å²) in [6.45, 7) is 11.6. The molecule has 1 aliphatic rings. The maximum atomic E-state index is 12.7. The highest BCUT2D eigenvalue weighted by atomic mass is 32.2. The number of benzene rings is 1. The summed E-state index contributed by atoms with van der Waals surface area (Å²) < 4.78 is 31.5. The number of amides is 1. The summed E-state index contributed by atoms with van der Waals surface area (Å²) >= 11 is 0. The van der Waals surface area contributed by atoms with Gasteiger partial charge in [0.15, 0.2) is 0 Å². The summed E-state index contributed by atoms with van der Waals surface area (Å²) in [7, 11) is -3.26. The third-order valence-corrected chi connectivity index (χ3v) is 7.32. The highest BCUT2D eigenvalue weighted by Gasteiger charge is 2.28. The van der Waals surface area contributed by atoms with Crippen molar-refractivity contribution in [1.29, 1.82) is 0 Å². The molecule has 1 aliphatic heterocycles. The van der Waals surface area contributed by atoms with Gasteiger partial charge in [-0.3, -0.25) is 4.79 Å². The van der Waals surface area contributed by atoms with Crippen LogP contribution in [0, 0.1) is 0 Å². The second-order valence-electron chi connectivity index (χ2n) is 9.04. The van der Waals surface area contributed by atoms with Gasteiger partial charge in [0.2, 0.25) is 10.0 Å². The second-order valence-corrected chi connectivity index (χ2v) is 11.6. The van der Waals surface area contributed by atoms with Crippen LogP contribution in [-0.2, 0) is 14.8 Å². The van der Waals surface area contributed by atoms with Gasteiger partial charge in [0, 0.05) is 37.4 Å². The van der Waals surface area contributed by atoms with Gasteiger partial charge in [-0.1, -0.05) is 6.42 Å². The molecule has 1 aromatic rings. The quantitative estimate of drug-likeness (QED) is 0.577. The van der Waals surface area contributed by atoms with Crippen molar-refractivity contribution in [3.63, 3.8) is 0 Å². The molecule has 1 aromatic carbocycles. The maximum absolute atomic E-state index is 12.7. The van der Waals surface area contributed by atoms with Gasteiger partial charge in [0.25, 0.3) is 5.91 Å². The van der Waals surface area contributed by atoms with E-state index < -0.39 is 14.8 Å². The van der Waals surface area contributed by atoms with Crippen LogP contribution in [0.1, 0.15) is 64.2 Å². The lowest BCUT2D eigenvalue weighted by Crippen LogP contribution is -2.48. The Labute approximate surface area is 181 Å². The lowest BCUT2D eigenvalue weighted by atomic mass is 10.1. The Kier molecular flexibility index (Phi) is 8.70. The molecule has 1 fully saturated rings. The standard InChI is InChI=1S/C22H37N3O4S/c1-17-15-25(16-18(2)29-17)21(26)19-9-11-20(12-10-19)23-13-7-6-8-14-24-30(27,28)22(3,4)5/h9-12,17-18,23-24H,6-8,13-16H2,1-5H3. The van der Waals surface area contributed by atoms with Crippen molar-refractivity contribution in [3.05, 3.63) is 29.8 Å². The summed E-state index contributed by atoms with van der Waals surface area (Å²) in [4.78, 5) is 14.6. The highest BCUT2D eigenvalue weighted by Crippen LogP contribution is 2.17. The molecule has 2 atom stereocenters. The van der Waals surface area contributed by atoms with Crippen LogP contribution in [0.15, 0.2) is 24.3 Å². The molecule has 170 valence electrons. The maximum Gasteiger partial charge on any atom is 0.254 e. The van der Waals surface area contributed by atoms with Gasteiger partial charge >= 0.3 is 0 Å². The number of hydrogen-bond donors (Lipinski definition) is 2. The van der Waals surface area contributed by atoms with Gasteiger partial charge in [-0.2, -0.15) is 0 Å². The van der Waals surface area contributed by atoms with Crippen LogP contribution in [0.4, 0.5) is 5.69 Å². The van der Waals surface area contributed by atoms with E-state index in [9.17, 15) is 13.2 Å². The van der Waals surface area contributed by atoms with E-state index >= 15 is 0 Å². The first-order valence-corrected chi connectivity index (χ1v) is 12.3. The number of hydrogen-bond acceptors (Lipinski definition) is 5. The molecule has 1 amide bonds. The zero-order valence-electron chi connectivity index (χ0n) is 18.9. The summed E-state index contributed by atoms with van der Waals surface area (Å²) in [5, 5.41) is 3.35. The zero-order chi connectivity index (χ0) is 22.4. The molecular weight excluding hydrogens is 402 g/mol. The molecule has 1 saturated heterocycles. The van der Waals surface area contributed by atoms with Crippen LogP contribution in [0.3, 0.4) is 0 Å². The molecule has 7 nitrogen and oxygen atoms in total. The molecule has 0 bridgehead atoms. The van der Waals surface area contributed by atoms with E-state index in [-0.39, 0.29) is 18.1 Å². The monoisotopic (exact) mass is 439 g/mol. The number of carbonyl (C=O) groups is 1. The number of nitrogens with one attached hydrogen (secondary N) is 2. The van der Waals surface area contributed by atoms with Crippen LogP contribution in [-0.4, -0.2) is 62.4 Å². The van der Waals surface area contributed by atoms with Gasteiger partial charge in [-0.25, -0.2) is 13.1 Å². The number of sulfonamides is 1. The summed E-state index contributed by atoms with van der Waals surface area (Å²) in [6.07, 6.45) is 2.80. The van der Waals surface area contributed by atoms with Gasteiger partial charge in [0.1, 0.15) is 0 Å². The molecule has 2 N–H and O–H groups in total. The summed E-state index contributed by atoms with van der Waals surface area (Å²) in [6, 6.07) is 7.57. The minimum absolute atomic E-state index is 0.0428. The van der Waals surface area contributed by atoms with Crippen LogP contribution >= 0.6 is 0 Å². The summed E-state index contributed by atoms with van der Waals surface area (Å²) in [5.41, 5.74) is 1.66. The van der Waals surface area contributed by atoms with Gasteiger partial charge in [-0.15, -0.1) is 0 Å². The van der Waals surface area contributed by atoms with E-state index in [1.165, 1.54) is 0 Å². The van der Waals surface area contributed by atoms with E-state index in [1.54, 1.807) is 20.8 Å². The highest BCUT2D eigenvalue weighted by molar-refractivity contribution is 7.90. The predicted octanol–water partition coefficient (Wildman–Crippen LogP) is 3.24. The van der Waals surface area contributed by atoms with Crippen molar-refractivity contribution in [1.82, 2.24) is 9.62 Å². The van der Waals surface area contributed by atoms with E-state index in [0.29, 0.717) is 25.2 Å². The van der Waals surface area contributed by atoms with Crippen LogP contribution in [0.2, 0.25) is 0 Å². The van der Waals surface area contributed by atoms with E-state index in [4.69, 9.17) is 4.74 Å². The Morgan fingerprint density at radius 1 is 1.03 bits per heavy atom. The molecule has 0 aromatic heterocycles. The number of ether oxygens (including phenoxy) is 1. The van der Waals surface area contributed by atoms with E-state index in [2.05, 4.69) is 10.0 Å². The lowest BCUT2D eigenvalue weighted by molar-refractivity contribution is -0.0586. The number of anilines is 1. The molecule has 30 heavy (non-hydrogen) atoms. The molecular formula is C22H37N3O4S. The fourth-order valence-electron chi connectivity index (χ4n) is 3.34. The van der Waals surface area contributed by atoms with Crippen molar-refractivity contribution in [2.75, 3.05) is 31.5 Å². The molecule has 1 heterocycles. The molecule has 8 heteroatoms. The molecule has 0 radical (unpaired) electrons. The largest absolute Gasteiger partial charge is 0.385 e.